The minimum Gasteiger partial charge on any atom is -0.441 e. The molecule has 1 aromatic carbocycles. The molecule has 1 aliphatic heterocycles. The molecule has 0 bridgehead atoms. The van der Waals surface area contributed by atoms with E-state index in [2.05, 4.69) is 15.7 Å². The van der Waals surface area contributed by atoms with Crippen molar-refractivity contribution in [1.29, 1.82) is 0 Å². The Morgan fingerprint density at radius 2 is 2.14 bits per heavy atom. The number of carbonyl (C=O) groups is 1. The van der Waals surface area contributed by atoms with Gasteiger partial charge in [-0.3, -0.25) is 4.68 Å². The highest BCUT2D eigenvalue weighted by molar-refractivity contribution is 5.68. The van der Waals surface area contributed by atoms with Crippen LogP contribution in [0.3, 0.4) is 0 Å². The van der Waals surface area contributed by atoms with Gasteiger partial charge in [-0.1, -0.05) is 12.1 Å². The molecule has 2 N–H and O–H groups in total. The fourth-order valence-electron chi connectivity index (χ4n) is 4.17. The van der Waals surface area contributed by atoms with Crippen molar-refractivity contribution in [3.05, 3.63) is 54.1 Å². The first-order valence-corrected chi connectivity index (χ1v) is 9.68. The van der Waals surface area contributed by atoms with E-state index < -0.39 is 30.3 Å². The second kappa shape index (κ2) is 8.26. The number of nitrogens with one attached hydrogen (secondary N) is 2. The maximum atomic E-state index is 15.4. The number of piperidine rings is 1. The van der Waals surface area contributed by atoms with Gasteiger partial charge in [0.2, 0.25) is 0 Å². The van der Waals surface area contributed by atoms with Crippen molar-refractivity contribution in [3.8, 4) is 0 Å². The number of halogens is 2. The van der Waals surface area contributed by atoms with E-state index in [0.717, 1.165) is 19.4 Å². The van der Waals surface area contributed by atoms with Crippen LogP contribution in [0.15, 0.2) is 42.7 Å². The second-order valence-corrected chi connectivity index (χ2v) is 7.45. The number of nitrogens with zero attached hydrogens (tertiary/aromatic N) is 2. The molecule has 4 rings (SSSR count). The molecule has 28 heavy (non-hydrogen) atoms. The van der Waals surface area contributed by atoms with Crippen molar-refractivity contribution in [2.45, 2.75) is 49.5 Å². The molecular formula is C20H24F2N4O2. The third-order valence-electron chi connectivity index (χ3n) is 5.60. The molecule has 2 aromatic rings. The Kier molecular flexibility index (Phi) is 5.57. The van der Waals surface area contributed by atoms with Crippen LogP contribution in [-0.4, -0.2) is 47.3 Å². The van der Waals surface area contributed by atoms with Crippen LogP contribution in [0.4, 0.5) is 13.6 Å². The quantitative estimate of drug-likeness (QED) is 0.842. The Bertz CT molecular complexity index is 778. The number of rotatable bonds is 4. The highest BCUT2D eigenvalue weighted by Crippen LogP contribution is 2.44. The molecule has 4 unspecified atom stereocenters. The van der Waals surface area contributed by atoms with Crippen molar-refractivity contribution in [1.82, 2.24) is 20.4 Å². The minimum atomic E-state index is -1.41. The topological polar surface area (TPSA) is 68.2 Å². The maximum Gasteiger partial charge on any atom is 0.407 e. The number of hydrogen-bond acceptors (Lipinski definition) is 4. The zero-order valence-corrected chi connectivity index (χ0v) is 15.4. The van der Waals surface area contributed by atoms with Crippen LogP contribution in [-0.2, 0) is 4.74 Å². The summed E-state index contributed by atoms with van der Waals surface area (Å²) in [5, 5.41) is 10.3. The molecule has 5 atom stereocenters. The lowest BCUT2D eigenvalue weighted by Crippen LogP contribution is -2.47. The second-order valence-electron chi connectivity index (χ2n) is 7.45. The number of alkyl carbamates (subject to hydrolysis) is 1. The van der Waals surface area contributed by atoms with Crippen LogP contribution in [0.1, 0.15) is 36.8 Å². The molecule has 1 aliphatic carbocycles. The van der Waals surface area contributed by atoms with Gasteiger partial charge in [0.15, 0.2) is 6.10 Å². The van der Waals surface area contributed by atoms with Gasteiger partial charge >= 0.3 is 6.09 Å². The number of benzene rings is 1. The first-order valence-electron chi connectivity index (χ1n) is 9.68. The third-order valence-corrected chi connectivity index (χ3v) is 5.60. The van der Waals surface area contributed by atoms with Gasteiger partial charge in [-0.15, -0.1) is 0 Å². The summed E-state index contributed by atoms with van der Waals surface area (Å²) in [5.41, 5.74) is 0.689. The first-order chi connectivity index (χ1) is 13.6. The highest BCUT2D eigenvalue weighted by Gasteiger charge is 2.48. The van der Waals surface area contributed by atoms with Gasteiger partial charge in [0.25, 0.3) is 0 Å². The van der Waals surface area contributed by atoms with Crippen molar-refractivity contribution in [3.63, 3.8) is 0 Å². The van der Waals surface area contributed by atoms with Gasteiger partial charge in [-0.2, -0.15) is 5.10 Å². The summed E-state index contributed by atoms with van der Waals surface area (Å²) >= 11 is 0. The van der Waals surface area contributed by atoms with Gasteiger partial charge in [-0.05, 0) is 49.6 Å². The van der Waals surface area contributed by atoms with E-state index in [1.807, 2.05) is 0 Å². The number of ether oxygens (including phenoxy) is 1. The van der Waals surface area contributed by atoms with E-state index in [1.54, 1.807) is 35.3 Å². The van der Waals surface area contributed by atoms with Crippen LogP contribution >= 0.6 is 0 Å². The van der Waals surface area contributed by atoms with Crippen molar-refractivity contribution in [2.75, 3.05) is 13.1 Å². The van der Waals surface area contributed by atoms with Crippen LogP contribution in [0.25, 0.3) is 0 Å². The first kappa shape index (κ1) is 18.9. The Labute approximate surface area is 162 Å². The zero-order chi connectivity index (χ0) is 19.5. The van der Waals surface area contributed by atoms with Crippen LogP contribution < -0.4 is 10.6 Å². The molecule has 1 amide bonds. The van der Waals surface area contributed by atoms with Gasteiger partial charge < -0.3 is 15.4 Å². The maximum absolute atomic E-state index is 15.4. The molecular weight excluding hydrogens is 366 g/mol. The molecule has 1 saturated heterocycles. The van der Waals surface area contributed by atoms with Gasteiger partial charge in [0, 0.05) is 30.9 Å². The Morgan fingerprint density at radius 1 is 1.32 bits per heavy atom. The Hall–Kier alpha value is -2.48. The number of hydrogen-bond donors (Lipinski definition) is 2. The lowest BCUT2D eigenvalue weighted by molar-refractivity contribution is 0.0323. The molecule has 2 fully saturated rings. The third kappa shape index (κ3) is 4.01. The Morgan fingerprint density at radius 3 is 2.82 bits per heavy atom. The predicted octanol–water partition coefficient (Wildman–Crippen LogP) is 2.94. The number of aromatic nitrogens is 2. The summed E-state index contributed by atoms with van der Waals surface area (Å²) in [6, 6.07) is 7.13. The van der Waals surface area contributed by atoms with E-state index in [0.29, 0.717) is 18.5 Å². The summed E-state index contributed by atoms with van der Waals surface area (Å²) in [5.74, 6) is -0.863. The van der Waals surface area contributed by atoms with Crippen molar-refractivity contribution >= 4 is 6.09 Å². The van der Waals surface area contributed by atoms with E-state index in [-0.39, 0.29) is 11.9 Å². The minimum absolute atomic E-state index is 0.0169. The molecule has 6 nitrogen and oxygen atoms in total. The summed E-state index contributed by atoms with van der Waals surface area (Å²) < 4.78 is 35.8. The normalized spacial score (nSPS) is 30.1. The smallest absolute Gasteiger partial charge is 0.407 e. The van der Waals surface area contributed by atoms with Gasteiger partial charge in [0.1, 0.15) is 12.0 Å². The highest BCUT2D eigenvalue weighted by atomic mass is 19.1. The van der Waals surface area contributed by atoms with E-state index in [9.17, 15) is 9.18 Å². The fraction of sp³-hybridized carbons (Fsp3) is 0.500. The zero-order valence-electron chi connectivity index (χ0n) is 15.4. The summed E-state index contributed by atoms with van der Waals surface area (Å²) in [6.45, 7) is 1.61. The van der Waals surface area contributed by atoms with E-state index in [4.69, 9.17) is 4.74 Å². The summed E-state index contributed by atoms with van der Waals surface area (Å²) in [7, 11) is 0. The summed E-state index contributed by atoms with van der Waals surface area (Å²) in [6.07, 6.45) is 2.62. The van der Waals surface area contributed by atoms with Crippen molar-refractivity contribution in [2.24, 2.45) is 0 Å². The lowest BCUT2D eigenvalue weighted by Gasteiger charge is -2.26. The van der Waals surface area contributed by atoms with E-state index in [1.165, 1.54) is 12.1 Å². The van der Waals surface area contributed by atoms with E-state index >= 15 is 4.39 Å². The molecule has 0 radical (unpaired) electrons. The molecule has 2 aliphatic rings. The molecule has 1 aromatic heterocycles. The molecule has 0 spiro atoms. The van der Waals surface area contributed by atoms with Crippen molar-refractivity contribution < 1.29 is 18.3 Å². The fourth-order valence-corrected chi connectivity index (χ4v) is 4.17. The largest absolute Gasteiger partial charge is 0.441 e. The average molecular weight is 390 g/mol. The van der Waals surface area contributed by atoms with Crippen LogP contribution in [0, 0.1) is 5.82 Å². The number of alkyl halides is 1. The van der Waals surface area contributed by atoms with Gasteiger partial charge in [-0.25, -0.2) is 13.6 Å². The molecule has 150 valence electrons. The Balaban J connectivity index is 1.50. The molecule has 2 heterocycles. The van der Waals surface area contributed by atoms with Crippen LogP contribution in [0.2, 0.25) is 0 Å². The lowest BCUT2D eigenvalue weighted by atomic mass is 9.96. The SMILES string of the molecule is O=C(NC1CCCNC1)OC1C(n2cccn2)CC(c2ccc(F)cc2)[C@H]1F. The summed E-state index contributed by atoms with van der Waals surface area (Å²) in [4.78, 5) is 12.4. The van der Waals surface area contributed by atoms with Crippen LogP contribution in [0.5, 0.6) is 0 Å². The number of amides is 1. The number of carbonyl (C=O) groups excluding carboxylic acids is 1. The van der Waals surface area contributed by atoms with Gasteiger partial charge in [0.05, 0.1) is 6.04 Å². The standard InChI is InChI=1S/C20H24F2N4O2/c21-14-6-4-13(5-7-14)16-11-17(26-10-2-9-24-26)19(18(16)22)28-20(27)25-15-3-1-8-23-12-15/h2,4-7,9-10,15-19,23H,1,3,8,11-12H2,(H,25,27)/t15?,16?,17?,18-,19?/m1/s1. The molecule has 8 heteroatoms. The molecule has 1 saturated carbocycles. The predicted molar refractivity (Wildman–Crippen MR) is 99.2 cm³/mol. The monoisotopic (exact) mass is 390 g/mol. The average Bonchev–Trinajstić information content (AvgIpc) is 3.33.